The number of nitro benzene ring substituents is 1. The van der Waals surface area contributed by atoms with Crippen molar-refractivity contribution in [3.05, 3.63) is 102 Å². The second-order valence-electron chi connectivity index (χ2n) is 5.86. The highest BCUT2D eigenvalue weighted by molar-refractivity contribution is 6.42. The third-order valence-electron chi connectivity index (χ3n) is 3.92. The molecule has 0 aliphatic heterocycles. The highest BCUT2D eigenvalue weighted by atomic mass is 35.5. The first kappa shape index (κ1) is 19.6. The Bertz CT molecular complexity index is 1130. The van der Waals surface area contributed by atoms with Crippen molar-refractivity contribution in [1.29, 1.82) is 0 Å². The molecule has 7 nitrogen and oxygen atoms in total. The largest absolute Gasteiger partial charge is 0.320 e. The quantitative estimate of drug-likeness (QED) is 0.492. The molecule has 0 radical (unpaired) electrons. The summed E-state index contributed by atoms with van der Waals surface area (Å²) in [6.07, 6.45) is 1.46. The van der Waals surface area contributed by atoms with Crippen LogP contribution >= 0.6 is 23.2 Å². The topological polar surface area (TPSA) is 94.2 Å². The van der Waals surface area contributed by atoms with Crippen LogP contribution in [0.3, 0.4) is 0 Å². The van der Waals surface area contributed by atoms with Gasteiger partial charge in [0.05, 0.1) is 27.2 Å². The van der Waals surface area contributed by atoms with Crippen LogP contribution in [0.2, 0.25) is 10.0 Å². The first-order valence-electron chi connectivity index (χ1n) is 8.04. The van der Waals surface area contributed by atoms with E-state index in [2.05, 4.69) is 5.32 Å². The minimum absolute atomic E-state index is 0.0743. The Morgan fingerprint density at radius 2 is 1.82 bits per heavy atom. The first-order chi connectivity index (χ1) is 13.3. The lowest BCUT2D eigenvalue weighted by Crippen LogP contribution is -2.21. The molecular formula is C19H13Cl2N3O4. The number of hydrogen-bond acceptors (Lipinski definition) is 4. The zero-order valence-electron chi connectivity index (χ0n) is 14.3. The lowest BCUT2D eigenvalue weighted by atomic mass is 10.1. The molecule has 0 unspecified atom stereocenters. The molecule has 3 aromatic rings. The van der Waals surface area contributed by atoms with Gasteiger partial charge in [0.2, 0.25) is 0 Å². The van der Waals surface area contributed by atoms with E-state index < -0.39 is 10.8 Å². The number of halogens is 2. The van der Waals surface area contributed by atoms with Crippen LogP contribution in [-0.4, -0.2) is 15.4 Å². The number of rotatable bonds is 5. The van der Waals surface area contributed by atoms with E-state index in [1.54, 1.807) is 18.2 Å². The van der Waals surface area contributed by atoms with Gasteiger partial charge in [-0.2, -0.15) is 0 Å². The summed E-state index contributed by atoms with van der Waals surface area (Å²) >= 11 is 11.9. The van der Waals surface area contributed by atoms with E-state index in [-0.39, 0.29) is 23.4 Å². The van der Waals surface area contributed by atoms with E-state index in [0.717, 1.165) is 5.56 Å². The highest BCUT2D eigenvalue weighted by Crippen LogP contribution is 2.23. The molecule has 3 rings (SSSR count). The number of pyridine rings is 1. The number of benzene rings is 2. The molecule has 1 aromatic heterocycles. The van der Waals surface area contributed by atoms with E-state index in [4.69, 9.17) is 23.2 Å². The predicted molar refractivity (Wildman–Crippen MR) is 107 cm³/mol. The second kappa shape index (κ2) is 8.24. The van der Waals surface area contributed by atoms with Gasteiger partial charge in [0, 0.05) is 18.3 Å². The van der Waals surface area contributed by atoms with Gasteiger partial charge in [-0.05, 0) is 29.8 Å². The Balaban J connectivity index is 1.85. The molecule has 2 aromatic carbocycles. The van der Waals surface area contributed by atoms with Crippen molar-refractivity contribution in [2.75, 3.05) is 5.32 Å². The zero-order valence-corrected chi connectivity index (χ0v) is 15.8. The molecule has 1 heterocycles. The maximum atomic E-state index is 12.4. The van der Waals surface area contributed by atoms with E-state index in [0.29, 0.717) is 15.7 Å². The molecule has 0 saturated carbocycles. The summed E-state index contributed by atoms with van der Waals surface area (Å²) in [7, 11) is 0. The third-order valence-corrected chi connectivity index (χ3v) is 4.66. The van der Waals surface area contributed by atoms with Crippen LogP contribution in [0.15, 0.2) is 65.6 Å². The standard InChI is InChI=1S/C19H13Cl2N3O4/c20-15-7-5-12(9-16(15)21)10-23-11-13(6-8-18(23)25)22-19(26)14-3-1-2-4-17(14)24(27)28/h1-9,11H,10H2,(H,22,26). The molecule has 0 aliphatic rings. The van der Waals surface area contributed by atoms with Crippen molar-refractivity contribution >= 4 is 40.5 Å². The van der Waals surface area contributed by atoms with Crippen LogP contribution in [0.5, 0.6) is 0 Å². The number of nitro groups is 1. The van der Waals surface area contributed by atoms with Crippen LogP contribution in [0.4, 0.5) is 11.4 Å². The minimum Gasteiger partial charge on any atom is -0.320 e. The number of anilines is 1. The van der Waals surface area contributed by atoms with E-state index in [1.165, 1.54) is 47.2 Å². The Morgan fingerprint density at radius 3 is 2.54 bits per heavy atom. The molecule has 0 fully saturated rings. The number of aromatic nitrogens is 1. The molecule has 1 N–H and O–H groups in total. The molecule has 0 aliphatic carbocycles. The maximum absolute atomic E-state index is 12.4. The van der Waals surface area contributed by atoms with Gasteiger partial charge in [-0.25, -0.2) is 0 Å². The van der Waals surface area contributed by atoms with Crippen LogP contribution in [0, 0.1) is 10.1 Å². The summed E-state index contributed by atoms with van der Waals surface area (Å²) < 4.78 is 1.38. The molecule has 28 heavy (non-hydrogen) atoms. The first-order valence-corrected chi connectivity index (χ1v) is 8.80. The summed E-state index contributed by atoms with van der Waals surface area (Å²) in [5.41, 5.74) is 0.412. The van der Waals surface area contributed by atoms with Crippen molar-refractivity contribution in [2.24, 2.45) is 0 Å². The Kier molecular flexibility index (Phi) is 5.77. The summed E-state index contributed by atoms with van der Waals surface area (Å²) in [6.45, 7) is 0.213. The van der Waals surface area contributed by atoms with Crippen LogP contribution in [-0.2, 0) is 6.54 Å². The Labute approximate surface area is 169 Å². The number of amides is 1. The van der Waals surface area contributed by atoms with Crippen molar-refractivity contribution in [1.82, 2.24) is 4.57 Å². The SMILES string of the molecule is O=C(Nc1ccc(=O)n(Cc2ccc(Cl)c(Cl)c2)c1)c1ccccc1[N+](=O)[O-]. The number of nitrogens with zero attached hydrogens (tertiary/aromatic N) is 2. The Hall–Kier alpha value is -3.16. The number of nitrogens with one attached hydrogen (secondary N) is 1. The minimum atomic E-state index is -0.646. The molecule has 142 valence electrons. The van der Waals surface area contributed by atoms with Gasteiger partial charge in [-0.3, -0.25) is 19.7 Å². The van der Waals surface area contributed by atoms with Crippen molar-refractivity contribution < 1.29 is 9.72 Å². The van der Waals surface area contributed by atoms with Gasteiger partial charge in [0.15, 0.2) is 0 Å². The molecule has 0 spiro atoms. The average Bonchev–Trinajstić information content (AvgIpc) is 2.67. The van der Waals surface area contributed by atoms with E-state index in [9.17, 15) is 19.7 Å². The normalized spacial score (nSPS) is 10.5. The summed E-state index contributed by atoms with van der Waals surface area (Å²) in [6, 6.07) is 13.4. The molecule has 1 amide bonds. The zero-order chi connectivity index (χ0) is 20.3. The van der Waals surface area contributed by atoms with Crippen molar-refractivity contribution in [2.45, 2.75) is 6.54 Å². The van der Waals surface area contributed by atoms with Crippen LogP contribution in [0.1, 0.15) is 15.9 Å². The molecular weight excluding hydrogens is 405 g/mol. The predicted octanol–water partition coefficient (Wildman–Crippen LogP) is 4.36. The smallest absolute Gasteiger partial charge is 0.282 e. The lowest BCUT2D eigenvalue weighted by molar-refractivity contribution is -0.385. The van der Waals surface area contributed by atoms with Gasteiger partial charge >= 0.3 is 0 Å². The molecule has 0 bridgehead atoms. The van der Waals surface area contributed by atoms with Gasteiger partial charge in [0.25, 0.3) is 17.2 Å². The van der Waals surface area contributed by atoms with Crippen LogP contribution < -0.4 is 10.9 Å². The number of hydrogen-bond donors (Lipinski definition) is 1. The monoisotopic (exact) mass is 417 g/mol. The number of para-hydroxylation sites is 1. The third kappa shape index (κ3) is 4.39. The van der Waals surface area contributed by atoms with Crippen molar-refractivity contribution in [3.63, 3.8) is 0 Å². The Morgan fingerprint density at radius 1 is 1.07 bits per heavy atom. The number of carbonyl (C=O) groups is 1. The molecule has 0 atom stereocenters. The molecule has 9 heteroatoms. The van der Waals surface area contributed by atoms with Gasteiger partial charge in [-0.1, -0.05) is 41.4 Å². The molecule has 0 saturated heterocycles. The fourth-order valence-electron chi connectivity index (χ4n) is 2.59. The van der Waals surface area contributed by atoms with Crippen LogP contribution in [0.25, 0.3) is 0 Å². The fourth-order valence-corrected chi connectivity index (χ4v) is 2.91. The fraction of sp³-hybridized carbons (Fsp3) is 0.0526. The van der Waals surface area contributed by atoms with E-state index >= 15 is 0 Å². The average molecular weight is 418 g/mol. The van der Waals surface area contributed by atoms with Crippen molar-refractivity contribution in [3.8, 4) is 0 Å². The van der Waals surface area contributed by atoms with Gasteiger partial charge < -0.3 is 9.88 Å². The lowest BCUT2D eigenvalue weighted by Gasteiger charge is -2.10. The summed E-state index contributed by atoms with van der Waals surface area (Å²) in [4.78, 5) is 35.0. The maximum Gasteiger partial charge on any atom is 0.282 e. The van der Waals surface area contributed by atoms with Gasteiger partial charge in [0.1, 0.15) is 5.56 Å². The highest BCUT2D eigenvalue weighted by Gasteiger charge is 2.19. The number of carbonyl (C=O) groups excluding carboxylic acids is 1. The summed E-state index contributed by atoms with van der Waals surface area (Å²) in [5.74, 6) is -0.646. The summed E-state index contributed by atoms with van der Waals surface area (Å²) in [5, 5.41) is 14.4. The van der Waals surface area contributed by atoms with Gasteiger partial charge in [-0.15, -0.1) is 0 Å². The second-order valence-corrected chi connectivity index (χ2v) is 6.68. The van der Waals surface area contributed by atoms with E-state index in [1.807, 2.05) is 0 Å².